The van der Waals surface area contributed by atoms with Crippen LogP contribution in [0.25, 0.3) is 94.5 Å². The Hall–Kier alpha value is -6.78. The highest BCUT2D eigenvalue weighted by molar-refractivity contribution is 6.09. The maximum absolute atomic E-state index is 6.06. The second-order valence-corrected chi connectivity index (χ2v) is 14.2. The van der Waals surface area contributed by atoms with Gasteiger partial charge in [0.25, 0.3) is 0 Å². The molecule has 1 aliphatic rings. The molecule has 0 aliphatic heterocycles. The summed E-state index contributed by atoms with van der Waals surface area (Å²) in [5.74, 6) is 0.369. The Labute approximate surface area is 306 Å². The van der Waals surface area contributed by atoms with Gasteiger partial charge in [-0.1, -0.05) is 116 Å². The summed E-state index contributed by atoms with van der Waals surface area (Å²) in [5, 5.41) is 4.81. The summed E-state index contributed by atoms with van der Waals surface area (Å²) >= 11 is 0. The van der Waals surface area contributed by atoms with Crippen LogP contribution in [0, 0.1) is 0 Å². The van der Waals surface area contributed by atoms with E-state index >= 15 is 0 Å². The van der Waals surface area contributed by atoms with E-state index in [1.807, 2.05) is 12.1 Å². The number of aromatic nitrogens is 3. The van der Waals surface area contributed by atoms with Gasteiger partial charge in [0, 0.05) is 38.4 Å². The van der Waals surface area contributed by atoms with E-state index in [4.69, 9.17) is 14.4 Å². The smallest absolute Gasteiger partial charge is 0.135 e. The third-order valence-corrected chi connectivity index (χ3v) is 11.1. The molecule has 1 unspecified atom stereocenters. The molecule has 0 bridgehead atoms. The Bertz CT molecular complexity index is 2990. The Kier molecular flexibility index (Phi) is 6.56. The lowest BCUT2D eigenvalue weighted by Gasteiger charge is -2.24. The fourth-order valence-corrected chi connectivity index (χ4v) is 8.40. The van der Waals surface area contributed by atoms with Gasteiger partial charge in [0.15, 0.2) is 0 Å². The van der Waals surface area contributed by atoms with Gasteiger partial charge in [0.1, 0.15) is 11.2 Å². The SMILES string of the molecule is CC1Cc2ccc(-c3ccc(-n4c5ccccc5c5ccccc54)cc3)nc2-c2nc(-c3ccc(-c4ccc5oc6ccccc6c5c4)cc3)ccc21. The van der Waals surface area contributed by atoms with Gasteiger partial charge in [-0.15, -0.1) is 0 Å². The van der Waals surface area contributed by atoms with Crippen LogP contribution in [0.3, 0.4) is 0 Å². The first-order valence-corrected chi connectivity index (χ1v) is 18.3. The maximum Gasteiger partial charge on any atom is 0.135 e. The van der Waals surface area contributed by atoms with E-state index in [1.165, 1.54) is 32.9 Å². The van der Waals surface area contributed by atoms with Gasteiger partial charge in [0.2, 0.25) is 0 Å². The van der Waals surface area contributed by atoms with E-state index in [0.29, 0.717) is 5.92 Å². The van der Waals surface area contributed by atoms with Gasteiger partial charge >= 0.3 is 0 Å². The van der Waals surface area contributed by atoms with Crippen molar-refractivity contribution in [2.45, 2.75) is 19.3 Å². The molecule has 4 heteroatoms. The van der Waals surface area contributed by atoms with Gasteiger partial charge in [0.05, 0.1) is 33.8 Å². The van der Waals surface area contributed by atoms with E-state index in [9.17, 15) is 0 Å². The third-order valence-electron chi connectivity index (χ3n) is 11.1. The van der Waals surface area contributed by atoms with E-state index in [1.54, 1.807) is 0 Å². The first-order chi connectivity index (χ1) is 26.2. The summed E-state index contributed by atoms with van der Waals surface area (Å²) in [4.78, 5) is 10.6. The topological polar surface area (TPSA) is 43.9 Å². The Morgan fingerprint density at radius 3 is 1.79 bits per heavy atom. The van der Waals surface area contributed by atoms with Crippen LogP contribution in [-0.2, 0) is 6.42 Å². The minimum absolute atomic E-state index is 0.369. The van der Waals surface area contributed by atoms with Crippen LogP contribution in [0.2, 0.25) is 0 Å². The van der Waals surface area contributed by atoms with E-state index in [-0.39, 0.29) is 0 Å². The number of hydrogen-bond acceptors (Lipinski definition) is 3. The van der Waals surface area contributed by atoms with E-state index in [2.05, 4.69) is 163 Å². The summed E-state index contributed by atoms with van der Waals surface area (Å²) in [5.41, 5.74) is 16.3. The van der Waals surface area contributed by atoms with Crippen molar-refractivity contribution in [3.05, 3.63) is 175 Å². The van der Waals surface area contributed by atoms with Crippen LogP contribution < -0.4 is 0 Å². The highest BCUT2D eigenvalue weighted by atomic mass is 16.3. The number of hydrogen-bond donors (Lipinski definition) is 0. The predicted molar refractivity (Wildman–Crippen MR) is 218 cm³/mol. The normalized spacial score (nSPS) is 13.9. The van der Waals surface area contributed by atoms with E-state index < -0.39 is 0 Å². The first kappa shape index (κ1) is 29.9. The molecule has 4 aromatic heterocycles. The highest BCUT2D eigenvalue weighted by Crippen LogP contribution is 2.40. The molecule has 0 spiro atoms. The van der Waals surface area contributed by atoms with Gasteiger partial charge in [-0.05, 0) is 89.2 Å². The summed E-state index contributed by atoms with van der Waals surface area (Å²) in [6.07, 6.45) is 0.953. The van der Waals surface area contributed by atoms with Crippen LogP contribution in [0.15, 0.2) is 168 Å². The maximum atomic E-state index is 6.06. The van der Waals surface area contributed by atoms with Crippen LogP contribution in [-0.4, -0.2) is 14.5 Å². The van der Waals surface area contributed by atoms with Crippen molar-refractivity contribution in [2.24, 2.45) is 0 Å². The number of nitrogens with zero attached hydrogens (tertiary/aromatic N) is 3. The molecule has 6 aromatic carbocycles. The lowest BCUT2D eigenvalue weighted by Crippen LogP contribution is -2.12. The molecule has 0 N–H and O–H groups in total. The number of pyridine rings is 2. The van der Waals surface area contributed by atoms with Crippen LogP contribution in [0.4, 0.5) is 0 Å². The fourth-order valence-electron chi connectivity index (χ4n) is 8.40. The Morgan fingerprint density at radius 2 is 1.06 bits per heavy atom. The molecule has 1 atom stereocenters. The van der Waals surface area contributed by atoms with E-state index in [0.717, 1.165) is 79.1 Å². The zero-order valence-corrected chi connectivity index (χ0v) is 29.1. The van der Waals surface area contributed by atoms with Crippen molar-refractivity contribution >= 4 is 43.7 Å². The molecular weight excluding hydrogens is 647 g/mol. The molecule has 0 amide bonds. The fraction of sp³-hybridized carbons (Fsp3) is 0.0612. The minimum atomic E-state index is 0.369. The summed E-state index contributed by atoms with van der Waals surface area (Å²) < 4.78 is 8.41. The molecule has 10 aromatic rings. The number of fused-ring (bicyclic) bond motifs is 9. The molecule has 4 nitrogen and oxygen atoms in total. The van der Waals surface area contributed by atoms with Crippen molar-refractivity contribution in [1.82, 2.24) is 14.5 Å². The number of benzene rings is 6. The molecule has 0 saturated carbocycles. The number of para-hydroxylation sites is 3. The zero-order chi connectivity index (χ0) is 35.0. The highest BCUT2D eigenvalue weighted by Gasteiger charge is 2.25. The molecular formula is C49H33N3O. The lowest BCUT2D eigenvalue weighted by atomic mass is 9.84. The van der Waals surface area contributed by atoms with Crippen molar-refractivity contribution < 1.29 is 4.42 Å². The average molecular weight is 680 g/mol. The molecule has 4 heterocycles. The van der Waals surface area contributed by atoms with Crippen LogP contribution >= 0.6 is 0 Å². The largest absolute Gasteiger partial charge is 0.456 e. The monoisotopic (exact) mass is 679 g/mol. The predicted octanol–water partition coefficient (Wildman–Crippen LogP) is 12.8. The van der Waals surface area contributed by atoms with Gasteiger partial charge in [-0.2, -0.15) is 0 Å². The van der Waals surface area contributed by atoms with Crippen molar-refractivity contribution in [1.29, 1.82) is 0 Å². The quantitative estimate of drug-likeness (QED) is 0.186. The van der Waals surface area contributed by atoms with Crippen molar-refractivity contribution in [3.8, 4) is 50.7 Å². The molecule has 0 radical (unpaired) electrons. The molecule has 0 saturated heterocycles. The zero-order valence-electron chi connectivity index (χ0n) is 29.1. The van der Waals surface area contributed by atoms with Gasteiger partial charge in [-0.25, -0.2) is 9.97 Å². The lowest BCUT2D eigenvalue weighted by molar-refractivity contribution is 0.669. The standard InChI is InChI=1S/C49H33N3O/c1-30-28-35-20-25-42(33-18-22-36(23-19-33)52-44-11-5-2-8-38(44)39-9-3-6-12-45(39)52)50-48(35)49-37(30)24-26-43(51-49)32-16-14-31(15-17-32)34-21-27-47-41(29-34)40-10-4-7-13-46(40)53-47/h2-27,29-30H,28H2,1H3. The van der Waals surface area contributed by atoms with Crippen LogP contribution in [0.1, 0.15) is 24.0 Å². The second-order valence-electron chi connectivity index (χ2n) is 14.2. The molecule has 0 fully saturated rings. The minimum Gasteiger partial charge on any atom is -0.456 e. The van der Waals surface area contributed by atoms with Gasteiger partial charge in [-0.3, -0.25) is 0 Å². The number of rotatable bonds is 4. The van der Waals surface area contributed by atoms with Crippen molar-refractivity contribution in [3.63, 3.8) is 0 Å². The summed E-state index contributed by atoms with van der Waals surface area (Å²) in [6, 6.07) is 58.3. The second kappa shape index (κ2) is 11.6. The third kappa shape index (κ3) is 4.76. The molecule has 11 rings (SSSR count). The molecule has 53 heavy (non-hydrogen) atoms. The Morgan fingerprint density at radius 1 is 0.491 bits per heavy atom. The molecule has 250 valence electrons. The van der Waals surface area contributed by atoms with Crippen molar-refractivity contribution in [2.75, 3.05) is 0 Å². The first-order valence-electron chi connectivity index (χ1n) is 18.3. The number of furan rings is 1. The Balaban J connectivity index is 0.930. The summed E-state index contributed by atoms with van der Waals surface area (Å²) in [6.45, 7) is 2.29. The average Bonchev–Trinajstić information content (AvgIpc) is 3.76. The molecule has 1 aliphatic carbocycles. The summed E-state index contributed by atoms with van der Waals surface area (Å²) in [7, 11) is 0. The van der Waals surface area contributed by atoms with Crippen LogP contribution in [0.5, 0.6) is 0 Å². The van der Waals surface area contributed by atoms with Gasteiger partial charge < -0.3 is 8.98 Å².